The molecule has 0 saturated carbocycles. The Morgan fingerprint density at radius 2 is 1.95 bits per heavy atom. The average molecular weight is 630 g/mol. The lowest BCUT2D eigenvalue weighted by molar-refractivity contribution is -0.132. The molecule has 3 aromatic heterocycles. The molecule has 1 fully saturated rings. The van der Waals surface area contributed by atoms with E-state index in [1.54, 1.807) is 60.0 Å². The summed E-state index contributed by atoms with van der Waals surface area (Å²) in [6, 6.07) is 19.0. The Morgan fingerprint density at radius 3 is 2.74 bits per heavy atom. The number of ether oxygens (including phenoxy) is 1. The van der Waals surface area contributed by atoms with E-state index in [1.165, 1.54) is 28.0 Å². The van der Waals surface area contributed by atoms with Gasteiger partial charge in [-0.25, -0.2) is 4.98 Å². The molecule has 1 aliphatic rings. The molecule has 6 rings (SSSR count). The number of fused-ring (bicyclic) bond motifs is 1. The third kappa shape index (κ3) is 5.54. The fourth-order valence-electron chi connectivity index (χ4n) is 4.89. The summed E-state index contributed by atoms with van der Waals surface area (Å²) in [6.45, 7) is 5.71. The number of aryl methyl sites for hydroxylation is 1. The van der Waals surface area contributed by atoms with Crippen molar-refractivity contribution < 1.29 is 19.4 Å². The lowest BCUT2D eigenvalue weighted by atomic mass is 9.96. The van der Waals surface area contributed by atoms with Crippen molar-refractivity contribution in [3.05, 3.63) is 119 Å². The lowest BCUT2D eigenvalue weighted by Gasteiger charge is -2.23. The van der Waals surface area contributed by atoms with Crippen LogP contribution in [0, 0.1) is 6.92 Å². The number of thioether (sulfide) groups is 1. The van der Waals surface area contributed by atoms with Gasteiger partial charge >= 0.3 is 5.91 Å². The van der Waals surface area contributed by atoms with E-state index in [0.29, 0.717) is 43.5 Å². The molecule has 0 aliphatic carbocycles. The molecule has 1 atom stereocenters. The topological polar surface area (TPSA) is 110 Å². The number of carbonyl (C=O) groups excluding carboxylic acids is 2. The summed E-state index contributed by atoms with van der Waals surface area (Å²) in [4.78, 5) is 33.2. The highest BCUT2D eigenvalue weighted by atomic mass is 35.5. The number of amides is 1. The van der Waals surface area contributed by atoms with E-state index < -0.39 is 17.7 Å². The molecular weight excluding hydrogens is 606 g/mol. The minimum Gasteiger partial charge on any atom is -0.505 e. The number of anilines is 1. The first kappa shape index (κ1) is 28.7. The van der Waals surface area contributed by atoms with Crippen molar-refractivity contribution in [2.75, 3.05) is 11.5 Å². The van der Waals surface area contributed by atoms with Crippen LogP contribution in [0.3, 0.4) is 0 Å². The van der Waals surface area contributed by atoms with Crippen LogP contribution in [-0.4, -0.2) is 43.0 Å². The zero-order valence-corrected chi connectivity index (χ0v) is 25.2. The average Bonchev–Trinajstić information content (AvgIpc) is 3.69. The molecule has 5 aromatic rings. The number of aromatic nitrogens is 4. The zero-order valence-electron chi connectivity index (χ0n) is 22.8. The van der Waals surface area contributed by atoms with Crippen LogP contribution in [0.15, 0.2) is 95.5 Å². The van der Waals surface area contributed by atoms with E-state index in [4.69, 9.17) is 16.3 Å². The second-order valence-electron chi connectivity index (χ2n) is 9.58. The van der Waals surface area contributed by atoms with Crippen LogP contribution in [0.2, 0.25) is 5.02 Å². The number of halogens is 1. The Bertz CT molecular complexity index is 1900. The Kier molecular flexibility index (Phi) is 8.02. The molecule has 2 aromatic carbocycles. The molecule has 1 amide bonds. The molecule has 4 heterocycles. The summed E-state index contributed by atoms with van der Waals surface area (Å²) >= 11 is 8.65. The molecule has 12 heteroatoms. The van der Waals surface area contributed by atoms with Gasteiger partial charge in [0.1, 0.15) is 23.7 Å². The summed E-state index contributed by atoms with van der Waals surface area (Å²) in [5, 5.41) is 21.2. The van der Waals surface area contributed by atoms with Crippen molar-refractivity contribution in [1.29, 1.82) is 0 Å². The predicted molar refractivity (Wildman–Crippen MR) is 168 cm³/mol. The summed E-state index contributed by atoms with van der Waals surface area (Å²) in [5.74, 6) is -0.854. The van der Waals surface area contributed by atoms with Crippen molar-refractivity contribution in [2.45, 2.75) is 23.1 Å². The normalized spacial score (nSPS) is 16.2. The highest BCUT2D eigenvalue weighted by Crippen LogP contribution is 2.45. The number of Topliss-reactive ketones (excluding diaryl/α,β-unsaturated/α-hetero) is 1. The molecule has 1 unspecified atom stereocenters. The number of hydrogen-bond donors (Lipinski definition) is 1. The Labute approximate surface area is 260 Å². The fraction of sp³-hybridized carbons (Fsp3) is 0.129. The molecule has 1 aliphatic heterocycles. The van der Waals surface area contributed by atoms with Crippen molar-refractivity contribution in [2.24, 2.45) is 0 Å². The van der Waals surface area contributed by atoms with Crippen molar-refractivity contribution >= 4 is 62.9 Å². The molecule has 0 radical (unpaired) electrons. The lowest BCUT2D eigenvalue weighted by Crippen LogP contribution is -2.29. The van der Waals surface area contributed by atoms with E-state index in [9.17, 15) is 14.7 Å². The molecule has 216 valence electrons. The smallest absolute Gasteiger partial charge is 0.301 e. The van der Waals surface area contributed by atoms with Crippen molar-refractivity contribution in [3.8, 4) is 5.75 Å². The van der Waals surface area contributed by atoms with Gasteiger partial charge in [-0.15, -0.1) is 10.2 Å². The number of aliphatic hydroxyl groups excluding tert-OH is 1. The summed E-state index contributed by atoms with van der Waals surface area (Å²) in [5.41, 5.74) is 2.96. The Hall–Kier alpha value is -4.45. The van der Waals surface area contributed by atoms with Crippen molar-refractivity contribution in [1.82, 2.24) is 19.6 Å². The summed E-state index contributed by atoms with van der Waals surface area (Å²) < 4.78 is 8.05. The van der Waals surface area contributed by atoms with Crippen LogP contribution in [0.4, 0.5) is 5.13 Å². The molecule has 1 N–H and O–H groups in total. The first-order valence-corrected chi connectivity index (χ1v) is 15.3. The predicted octanol–water partition coefficient (Wildman–Crippen LogP) is 6.63. The van der Waals surface area contributed by atoms with Gasteiger partial charge < -0.3 is 9.84 Å². The first-order valence-electron chi connectivity index (χ1n) is 13.1. The molecule has 9 nitrogen and oxygen atoms in total. The summed E-state index contributed by atoms with van der Waals surface area (Å²) in [7, 11) is 0. The monoisotopic (exact) mass is 629 g/mol. The number of rotatable bonds is 9. The molecule has 1 saturated heterocycles. The number of ketones is 1. The van der Waals surface area contributed by atoms with Gasteiger partial charge in [-0.1, -0.05) is 77.7 Å². The second-order valence-corrected chi connectivity index (χ2v) is 12.2. The minimum absolute atomic E-state index is 0.0785. The molecular formula is C31H24ClN5O4S2. The zero-order chi connectivity index (χ0) is 30.1. The van der Waals surface area contributed by atoms with Gasteiger partial charge in [0.05, 0.1) is 17.3 Å². The number of carbonyl (C=O) groups is 2. The maximum atomic E-state index is 13.7. The summed E-state index contributed by atoms with van der Waals surface area (Å²) in [6.07, 6.45) is 3.37. The Balaban J connectivity index is 1.44. The van der Waals surface area contributed by atoms with Gasteiger partial charge in [0.2, 0.25) is 5.13 Å². The number of pyridine rings is 1. The molecule has 0 spiro atoms. The van der Waals surface area contributed by atoms with E-state index in [0.717, 1.165) is 5.56 Å². The number of nitrogens with zero attached hydrogens (tertiary/aromatic N) is 5. The number of imidazole rings is 1. The fourth-order valence-corrected chi connectivity index (χ4v) is 6.83. The highest BCUT2D eigenvalue weighted by Gasteiger charge is 2.49. The second kappa shape index (κ2) is 12.0. The van der Waals surface area contributed by atoms with Gasteiger partial charge in [-0.05, 0) is 54.4 Å². The van der Waals surface area contributed by atoms with Crippen LogP contribution >= 0.6 is 34.7 Å². The maximum absolute atomic E-state index is 13.7. The third-order valence-electron chi connectivity index (χ3n) is 6.79. The molecule has 43 heavy (non-hydrogen) atoms. The minimum atomic E-state index is -0.997. The van der Waals surface area contributed by atoms with Gasteiger partial charge in [-0.2, -0.15) is 0 Å². The maximum Gasteiger partial charge on any atom is 0.301 e. The van der Waals surface area contributed by atoms with Crippen LogP contribution in [0.25, 0.3) is 11.4 Å². The van der Waals surface area contributed by atoms with E-state index >= 15 is 0 Å². The van der Waals surface area contributed by atoms with E-state index in [2.05, 4.69) is 21.8 Å². The number of aliphatic hydroxyl groups is 1. The third-order valence-corrected chi connectivity index (χ3v) is 9.17. The van der Waals surface area contributed by atoms with Gasteiger partial charge in [0.15, 0.2) is 10.1 Å². The number of hydrogen-bond acceptors (Lipinski definition) is 9. The van der Waals surface area contributed by atoms with Gasteiger partial charge in [-0.3, -0.25) is 18.9 Å². The van der Waals surface area contributed by atoms with Crippen molar-refractivity contribution in [3.63, 3.8) is 0 Å². The number of benzene rings is 2. The van der Waals surface area contributed by atoms with Crippen LogP contribution in [-0.2, 0) is 15.3 Å². The van der Waals surface area contributed by atoms with E-state index in [1.807, 2.05) is 30.3 Å². The first-order chi connectivity index (χ1) is 20.9. The standard InChI is InChI=1S/C31H24ClN5O4S2/c1-3-15-41-22-8-6-7-20(16-22)26-24(27(38)25-18(2)33-23-9-4-5-14-36(23)25)28(39)29(40)37(26)30-34-35-31(43-30)42-17-19-10-12-21(32)13-11-19/h3-14,16,26,38H,1,15,17H2,2H3. The van der Waals surface area contributed by atoms with E-state index in [-0.39, 0.29) is 23.1 Å². The SMILES string of the molecule is C=CCOc1cccc(C2C(=C(O)c3c(C)nc4ccccn34)C(=O)C(=O)N2c2nnc(SCc3ccc(Cl)cc3)s2)c1. The quantitative estimate of drug-likeness (QED) is 0.0483. The Morgan fingerprint density at radius 1 is 1.14 bits per heavy atom. The van der Waals surface area contributed by atoms with Crippen LogP contribution < -0.4 is 9.64 Å². The largest absolute Gasteiger partial charge is 0.505 e. The van der Waals surface area contributed by atoms with Crippen LogP contribution in [0.1, 0.15) is 28.6 Å². The van der Waals surface area contributed by atoms with Crippen LogP contribution in [0.5, 0.6) is 5.75 Å². The van der Waals surface area contributed by atoms with Gasteiger partial charge in [0, 0.05) is 17.0 Å². The highest BCUT2D eigenvalue weighted by molar-refractivity contribution is 8.00. The molecule has 0 bridgehead atoms. The van der Waals surface area contributed by atoms with Gasteiger partial charge in [0.25, 0.3) is 5.78 Å².